The van der Waals surface area contributed by atoms with E-state index in [0.717, 1.165) is 18.5 Å². The average molecular weight is 293 g/mol. The van der Waals surface area contributed by atoms with E-state index in [4.69, 9.17) is 5.11 Å². The minimum Gasteiger partial charge on any atom is -0.477 e. The number of carboxylic acid groups (broad SMARTS) is 1. The minimum absolute atomic E-state index is 0.481. The zero-order chi connectivity index (χ0) is 14.1. The number of carboxylic acids is 1. The predicted molar refractivity (Wildman–Crippen MR) is 81.4 cm³/mol. The molecular formula is C16H23NO2S. The molecule has 0 spiro atoms. The summed E-state index contributed by atoms with van der Waals surface area (Å²) < 4.78 is 0. The zero-order valence-corrected chi connectivity index (χ0v) is 12.9. The van der Waals surface area contributed by atoms with Crippen molar-refractivity contribution in [3.63, 3.8) is 0 Å². The summed E-state index contributed by atoms with van der Waals surface area (Å²) in [6, 6.07) is 2.62. The molecule has 0 aromatic carbocycles. The van der Waals surface area contributed by atoms with E-state index in [1.807, 2.05) is 6.07 Å². The van der Waals surface area contributed by atoms with E-state index in [-0.39, 0.29) is 0 Å². The van der Waals surface area contributed by atoms with Gasteiger partial charge in [0.15, 0.2) is 0 Å². The number of aryl methyl sites for hydroxylation is 1. The Morgan fingerprint density at radius 1 is 1.35 bits per heavy atom. The Morgan fingerprint density at radius 3 is 2.85 bits per heavy atom. The first-order chi connectivity index (χ1) is 9.65. The van der Waals surface area contributed by atoms with Crippen LogP contribution in [0.15, 0.2) is 6.07 Å². The number of rotatable bonds is 3. The molecule has 0 bridgehead atoms. The summed E-state index contributed by atoms with van der Waals surface area (Å²) in [5.41, 5.74) is 1.22. The smallest absolute Gasteiger partial charge is 0.345 e. The lowest BCUT2D eigenvalue weighted by molar-refractivity contribution is 0.0546. The first kappa shape index (κ1) is 14.1. The van der Waals surface area contributed by atoms with Gasteiger partial charge in [0.25, 0.3) is 0 Å². The Labute approximate surface area is 124 Å². The Hall–Kier alpha value is -0.870. The van der Waals surface area contributed by atoms with Crippen molar-refractivity contribution in [2.75, 3.05) is 6.54 Å². The van der Waals surface area contributed by atoms with Gasteiger partial charge >= 0.3 is 5.97 Å². The molecule has 2 fully saturated rings. The molecule has 1 aromatic rings. The minimum atomic E-state index is -0.793. The van der Waals surface area contributed by atoms with Crippen LogP contribution in [0.2, 0.25) is 0 Å². The number of hydrogen-bond donors (Lipinski definition) is 1. The predicted octanol–water partition coefficient (Wildman–Crippen LogP) is 3.91. The first-order valence-corrected chi connectivity index (χ1v) is 8.53. The van der Waals surface area contributed by atoms with Crippen LogP contribution in [0.5, 0.6) is 0 Å². The molecule has 0 unspecified atom stereocenters. The van der Waals surface area contributed by atoms with E-state index >= 15 is 0 Å². The molecule has 2 heterocycles. The molecule has 3 rings (SSSR count). The highest BCUT2D eigenvalue weighted by Crippen LogP contribution is 2.36. The van der Waals surface area contributed by atoms with E-state index in [0.29, 0.717) is 4.88 Å². The van der Waals surface area contributed by atoms with E-state index in [1.54, 1.807) is 0 Å². The maximum atomic E-state index is 11.1. The number of aromatic carboxylic acids is 1. The van der Waals surface area contributed by atoms with Crippen LogP contribution < -0.4 is 0 Å². The van der Waals surface area contributed by atoms with Crippen LogP contribution in [0.1, 0.15) is 58.6 Å². The third kappa shape index (κ3) is 2.77. The average Bonchev–Trinajstić information content (AvgIpc) is 2.81. The summed E-state index contributed by atoms with van der Waals surface area (Å²) in [6.07, 6.45) is 8.18. The SMILES string of the molecule is Cc1sc(C(=O)O)cc1CN1CCC[C@H]2CCCC[C@H]21. The Bertz CT molecular complexity index is 495. The zero-order valence-electron chi connectivity index (χ0n) is 12.1. The van der Waals surface area contributed by atoms with Crippen molar-refractivity contribution < 1.29 is 9.90 Å². The van der Waals surface area contributed by atoms with Crippen molar-refractivity contribution in [2.45, 2.75) is 58.0 Å². The van der Waals surface area contributed by atoms with Crippen LogP contribution in [0.25, 0.3) is 0 Å². The van der Waals surface area contributed by atoms with Crippen LogP contribution >= 0.6 is 11.3 Å². The quantitative estimate of drug-likeness (QED) is 0.918. The van der Waals surface area contributed by atoms with Crippen LogP contribution in [-0.4, -0.2) is 28.6 Å². The maximum Gasteiger partial charge on any atom is 0.345 e. The molecule has 1 N–H and O–H groups in total. The second-order valence-electron chi connectivity index (χ2n) is 6.22. The van der Waals surface area contributed by atoms with Crippen molar-refractivity contribution in [1.29, 1.82) is 0 Å². The van der Waals surface area contributed by atoms with Gasteiger partial charge in [0, 0.05) is 17.5 Å². The highest BCUT2D eigenvalue weighted by atomic mass is 32.1. The molecule has 20 heavy (non-hydrogen) atoms. The Morgan fingerprint density at radius 2 is 2.10 bits per heavy atom. The van der Waals surface area contributed by atoms with Gasteiger partial charge in [-0.05, 0) is 56.7 Å². The highest BCUT2D eigenvalue weighted by Gasteiger charge is 2.33. The summed E-state index contributed by atoms with van der Waals surface area (Å²) in [4.78, 5) is 15.4. The van der Waals surface area contributed by atoms with Crippen molar-refractivity contribution >= 4 is 17.3 Å². The van der Waals surface area contributed by atoms with Gasteiger partial charge in [-0.15, -0.1) is 11.3 Å². The fourth-order valence-electron chi connectivity index (χ4n) is 3.93. The third-order valence-corrected chi connectivity index (χ3v) is 6.04. The molecule has 110 valence electrons. The van der Waals surface area contributed by atoms with E-state index in [1.165, 1.54) is 66.8 Å². The van der Waals surface area contributed by atoms with E-state index in [2.05, 4.69) is 11.8 Å². The van der Waals surface area contributed by atoms with Gasteiger partial charge in [0.1, 0.15) is 4.88 Å². The Kier molecular flexibility index (Phi) is 4.13. The number of fused-ring (bicyclic) bond motifs is 1. The molecule has 3 nitrogen and oxygen atoms in total. The molecule has 1 aliphatic carbocycles. The number of hydrogen-bond acceptors (Lipinski definition) is 3. The van der Waals surface area contributed by atoms with Gasteiger partial charge in [-0.1, -0.05) is 12.8 Å². The second kappa shape index (κ2) is 5.86. The van der Waals surface area contributed by atoms with Gasteiger partial charge in [0.05, 0.1) is 0 Å². The topological polar surface area (TPSA) is 40.5 Å². The van der Waals surface area contributed by atoms with Crippen LogP contribution in [0, 0.1) is 12.8 Å². The molecule has 1 aliphatic heterocycles. The van der Waals surface area contributed by atoms with Gasteiger partial charge in [0.2, 0.25) is 0 Å². The monoisotopic (exact) mass is 293 g/mol. The lowest BCUT2D eigenvalue weighted by Crippen LogP contribution is -2.46. The third-order valence-electron chi connectivity index (χ3n) is 4.96. The number of carbonyl (C=O) groups is 1. The molecule has 1 saturated heterocycles. The standard InChI is InChI=1S/C16H23NO2S/c1-11-13(9-15(20-11)16(18)19)10-17-8-4-6-12-5-2-3-7-14(12)17/h9,12,14H,2-8,10H2,1H3,(H,18,19)/t12-,14-/m1/s1. The summed E-state index contributed by atoms with van der Waals surface area (Å²) in [7, 11) is 0. The van der Waals surface area contributed by atoms with Crippen molar-refractivity contribution in [1.82, 2.24) is 4.90 Å². The van der Waals surface area contributed by atoms with Gasteiger partial charge < -0.3 is 5.11 Å². The van der Waals surface area contributed by atoms with E-state index in [9.17, 15) is 4.79 Å². The summed E-state index contributed by atoms with van der Waals surface area (Å²) in [5, 5.41) is 9.11. The molecule has 4 heteroatoms. The second-order valence-corrected chi connectivity index (χ2v) is 7.48. The van der Waals surface area contributed by atoms with Crippen molar-refractivity contribution in [3.05, 3.63) is 21.4 Å². The normalized spacial score (nSPS) is 27.2. The van der Waals surface area contributed by atoms with Gasteiger partial charge in [-0.2, -0.15) is 0 Å². The molecule has 0 radical (unpaired) electrons. The first-order valence-electron chi connectivity index (χ1n) is 7.72. The number of thiophene rings is 1. The highest BCUT2D eigenvalue weighted by molar-refractivity contribution is 7.14. The van der Waals surface area contributed by atoms with Crippen molar-refractivity contribution in [3.8, 4) is 0 Å². The largest absolute Gasteiger partial charge is 0.477 e. The van der Waals surface area contributed by atoms with E-state index < -0.39 is 5.97 Å². The fourth-order valence-corrected chi connectivity index (χ4v) is 4.80. The lowest BCUT2D eigenvalue weighted by Gasteiger charge is -2.44. The van der Waals surface area contributed by atoms with Crippen LogP contribution in [0.3, 0.4) is 0 Å². The Balaban J connectivity index is 1.74. The van der Waals surface area contributed by atoms with Crippen LogP contribution in [0.4, 0.5) is 0 Å². The number of piperidine rings is 1. The summed E-state index contributed by atoms with van der Waals surface area (Å²) in [6.45, 7) is 4.17. The molecule has 1 aromatic heterocycles. The fraction of sp³-hybridized carbons (Fsp3) is 0.688. The number of nitrogens with zero attached hydrogens (tertiary/aromatic N) is 1. The molecule has 1 saturated carbocycles. The summed E-state index contributed by atoms with van der Waals surface area (Å²) in [5.74, 6) is 0.0916. The lowest BCUT2D eigenvalue weighted by atomic mass is 9.78. The van der Waals surface area contributed by atoms with Gasteiger partial charge in [-0.3, -0.25) is 4.90 Å². The molecule has 2 atom stereocenters. The molecule has 2 aliphatic rings. The van der Waals surface area contributed by atoms with Crippen LogP contribution in [-0.2, 0) is 6.54 Å². The van der Waals surface area contributed by atoms with Gasteiger partial charge in [-0.25, -0.2) is 4.79 Å². The molecular weight excluding hydrogens is 270 g/mol. The number of likely N-dealkylation sites (tertiary alicyclic amines) is 1. The molecule has 0 amide bonds. The maximum absolute atomic E-state index is 11.1. The summed E-state index contributed by atoms with van der Waals surface area (Å²) >= 11 is 1.41. The van der Waals surface area contributed by atoms with Crippen molar-refractivity contribution in [2.24, 2.45) is 5.92 Å².